The maximum atomic E-state index is 13.2. The van der Waals surface area contributed by atoms with Gasteiger partial charge in [-0.2, -0.15) is 0 Å². The summed E-state index contributed by atoms with van der Waals surface area (Å²) in [6.45, 7) is 2.49. The second-order valence-corrected chi connectivity index (χ2v) is 9.77. The molecule has 10 heteroatoms. The molecule has 1 saturated heterocycles. The van der Waals surface area contributed by atoms with Crippen molar-refractivity contribution in [1.29, 1.82) is 0 Å². The number of benzene rings is 3. The number of hydrogen-bond donors (Lipinski definition) is 1. The molecule has 1 fully saturated rings. The fourth-order valence-corrected chi connectivity index (χ4v) is 4.99. The van der Waals surface area contributed by atoms with Crippen LogP contribution >= 0.6 is 27.7 Å². The number of carbonyl (C=O) groups is 2. The number of ether oxygens (including phenoxy) is 2. The van der Waals surface area contributed by atoms with Crippen LogP contribution in [0, 0.1) is 5.82 Å². The topological polar surface area (TPSA) is 88.4 Å². The number of carboxylic acid groups (broad SMARTS) is 1. The Kier molecular flexibility index (Phi) is 8.30. The highest BCUT2D eigenvalue weighted by atomic mass is 79.9. The van der Waals surface area contributed by atoms with E-state index in [0.29, 0.717) is 43.9 Å². The van der Waals surface area contributed by atoms with E-state index in [4.69, 9.17) is 9.47 Å². The number of halogens is 2. The largest absolute Gasteiger partial charge is 0.490 e. The molecule has 0 atom stereocenters. The van der Waals surface area contributed by atoms with Crippen LogP contribution in [0.2, 0.25) is 0 Å². The third-order valence-corrected chi connectivity index (χ3v) is 6.90. The fraction of sp³-hybridized carbons (Fsp3) is 0.148. The zero-order valence-electron chi connectivity index (χ0n) is 19.9. The standard InChI is InChI=1S/C27H22BrFN2O5S/c1-3-35-22-12-17(11-21(28)24(22)36-15-16-7-9-19(29)10-8-16)13-23-25(32)31(2)27(37-23)30-20-6-4-5-18(14-20)26(33)34/h4-14H,3,15H2,1-2H3,(H,33,34). The monoisotopic (exact) mass is 584 g/mol. The molecule has 0 unspecified atom stereocenters. The third kappa shape index (κ3) is 6.39. The van der Waals surface area contributed by atoms with Crippen LogP contribution in [0.15, 0.2) is 75.0 Å². The van der Waals surface area contributed by atoms with E-state index in [9.17, 15) is 19.1 Å². The Bertz CT molecular complexity index is 1410. The first-order valence-corrected chi connectivity index (χ1v) is 12.8. The molecule has 0 bridgehead atoms. The van der Waals surface area contributed by atoms with E-state index in [-0.39, 0.29) is 23.9 Å². The molecule has 4 rings (SSSR count). The van der Waals surface area contributed by atoms with Crippen molar-refractivity contribution in [3.63, 3.8) is 0 Å². The van der Waals surface area contributed by atoms with Gasteiger partial charge in [-0.3, -0.25) is 9.69 Å². The van der Waals surface area contributed by atoms with Gasteiger partial charge in [0.15, 0.2) is 16.7 Å². The lowest BCUT2D eigenvalue weighted by Gasteiger charge is -2.15. The number of likely N-dealkylation sites (N-methyl/N-ethyl adjacent to an activating group) is 1. The SMILES string of the molecule is CCOc1cc(C=C2SC(=Nc3cccc(C(=O)O)c3)N(C)C2=O)cc(Br)c1OCc1ccc(F)cc1. The minimum atomic E-state index is -1.05. The molecular weight excluding hydrogens is 563 g/mol. The van der Waals surface area contributed by atoms with E-state index in [0.717, 1.165) is 5.56 Å². The minimum absolute atomic E-state index is 0.115. The number of aromatic carboxylic acids is 1. The molecule has 0 aromatic heterocycles. The first-order valence-electron chi connectivity index (χ1n) is 11.2. The van der Waals surface area contributed by atoms with Gasteiger partial charge in [0.2, 0.25) is 0 Å². The number of amidine groups is 1. The van der Waals surface area contributed by atoms with E-state index in [1.54, 1.807) is 43.5 Å². The van der Waals surface area contributed by atoms with Crippen molar-refractivity contribution in [2.45, 2.75) is 13.5 Å². The molecule has 7 nitrogen and oxygen atoms in total. The predicted octanol–water partition coefficient (Wildman–Crippen LogP) is 6.50. The fourth-order valence-electron chi connectivity index (χ4n) is 3.43. The zero-order chi connectivity index (χ0) is 26.5. The average Bonchev–Trinajstić information content (AvgIpc) is 3.12. The van der Waals surface area contributed by atoms with Crippen molar-refractivity contribution < 1.29 is 28.6 Å². The van der Waals surface area contributed by atoms with Crippen LogP contribution in [0.4, 0.5) is 10.1 Å². The highest BCUT2D eigenvalue weighted by Crippen LogP contribution is 2.40. The van der Waals surface area contributed by atoms with Gasteiger partial charge < -0.3 is 14.6 Å². The lowest BCUT2D eigenvalue weighted by molar-refractivity contribution is -0.121. The lowest BCUT2D eigenvalue weighted by Crippen LogP contribution is -2.23. The Labute approximate surface area is 225 Å². The maximum absolute atomic E-state index is 13.2. The molecule has 1 aliphatic rings. The number of thioether (sulfide) groups is 1. The lowest BCUT2D eigenvalue weighted by atomic mass is 10.1. The number of amides is 1. The summed E-state index contributed by atoms with van der Waals surface area (Å²) in [5, 5.41) is 9.64. The van der Waals surface area contributed by atoms with Crippen LogP contribution in [0.5, 0.6) is 11.5 Å². The molecule has 190 valence electrons. The maximum Gasteiger partial charge on any atom is 0.335 e. The Morgan fingerprint density at radius 1 is 1.16 bits per heavy atom. The summed E-state index contributed by atoms with van der Waals surface area (Å²) in [5.41, 5.74) is 2.07. The third-order valence-electron chi connectivity index (χ3n) is 5.25. The number of hydrogen-bond acceptors (Lipinski definition) is 6. The summed E-state index contributed by atoms with van der Waals surface area (Å²) in [4.78, 5) is 30.5. The van der Waals surface area contributed by atoms with Crippen LogP contribution < -0.4 is 9.47 Å². The highest BCUT2D eigenvalue weighted by molar-refractivity contribution is 9.10. The first kappa shape index (κ1) is 26.4. The van der Waals surface area contributed by atoms with Crippen LogP contribution in [-0.4, -0.2) is 40.7 Å². The smallest absolute Gasteiger partial charge is 0.335 e. The van der Waals surface area contributed by atoms with E-state index < -0.39 is 5.97 Å². The van der Waals surface area contributed by atoms with E-state index >= 15 is 0 Å². The van der Waals surface area contributed by atoms with Gasteiger partial charge in [0, 0.05) is 7.05 Å². The van der Waals surface area contributed by atoms with Gasteiger partial charge >= 0.3 is 5.97 Å². The van der Waals surface area contributed by atoms with Crippen molar-refractivity contribution in [2.75, 3.05) is 13.7 Å². The van der Waals surface area contributed by atoms with Crippen molar-refractivity contribution >= 4 is 56.5 Å². The van der Waals surface area contributed by atoms with Crippen molar-refractivity contribution in [3.05, 3.63) is 92.5 Å². The molecule has 3 aromatic rings. The Balaban J connectivity index is 1.59. The van der Waals surface area contributed by atoms with Gasteiger partial charge in [0.1, 0.15) is 12.4 Å². The number of carboxylic acids is 1. The molecule has 0 radical (unpaired) electrons. The number of rotatable bonds is 8. The summed E-state index contributed by atoms with van der Waals surface area (Å²) in [6, 6.07) is 15.9. The predicted molar refractivity (Wildman–Crippen MR) is 145 cm³/mol. The molecule has 1 aliphatic heterocycles. The van der Waals surface area contributed by atoms with Crippen LogP contribution in [-0.2, 0) is 11.4 Å². The van der Waals surface area contributed by atoms with Crippen molar-refractivity contribution in [1.82, 2.24) is 4.90 Å². The molecule has 0 aliphatic carbocycles. The Morgan fingerprint density at radius 2 is 1.92 bits per heavy atom. The molecular formula is C27H22BrFN2O5S. The quantitative estimate of drug-likeness (QED) is 0.304. The zero-order valence-corrected chi connectivity index (χ0v) is 22.3. The summed E-state index contributed by atoms with van der Waals surface area (Å²) in [7, 11) is 1.62. The highest BCUT2D eigenvalue weighted by Gasteiger charge is 2.30. The van der Waals surface area contributed by atoms with Gasteiger partial charge in [0.05, 0.1) is 27.2 Å². The molecule has 0 saturated carbocycles. The Morgan fingerprint density at radius 3 is 2.62 bits per heavy atom. The summed E-state index contributed by atoms with van der Waals surface area (Å²) >= 11 is 4.73. The molecule has 37 heavy (non-hydrogen) atoms. The van der Waals surface area contributed by atoms with E-state index in [1.165, 1.54) is 40.9 Å². The normalized spacial score (nSPS) is 15.5. The van der Waals surface area contributed by atoms with Crippen LogP contribution in [0.3, 0.4) is 0 Å². The number of nitrogens with zero attached hydrogens (tertiary/aromatic N) is 2. The number of carbonyl (C=O) groups excluding carboxylic acids is 1. The van der Waals surface area contributed by atoms with Crippen molar-refractivity contribution in [3.8, 4) is 11.5 Å². The summed E-state index contributed by atoms with van der Waals surface area (Å²) in [5.74, 6) is -0.606. The molecule has 0 spiro atoms. The van der Waals surface area contributed by atoms with E-state index in [2.05, 4.69) is 20.9 Å². The van der Waals surface area contributed by atoms with Gasteiger partial charge in [-0.05, 0) is 94.3 Å². The summed E-state index contributed by atoms with van der Waals surface area (Å²) in [6.07, 6.45) is 1.73. The first-order chi connectivity index (χ1) is 17.7. The average molecular weight is 585 g/mol. The molecule has 1 heterocycles. The van der Waals surface area contributed by atoms with Gasteiger partial charge in [0.25, 0.3) is 5.91 Å². The van der Waals surface area contributed by atoms with E-state index in [1.807, 2.05) is 13.0 Å². The summed E-state index contributed by atoms with van der Waals surface area (Å²) < 4.78 is 25.6. The van der Waals surface area contributed by atoms with Crippen LogP contribution in [0.25, 0.3) is 6.08 Å². The number of aliphatic imine (C=N–C) groups is 1. The van der Waals surface area contributed by atoms with Crippen molar-refractivity contribution in [2.24, 2.45) is 4.99 Å². The van der Waals surface area contributed by atoms with Gasteiger partial charge in [-0.1, -0.05) is 18.2 Å². The molecule has 3 aromatic carbocycles. The minimum Gasteiger partial charge on any atom is -0.490 e. The van der Waals surface area contributed by atoms with Crippen LogP contribution in [0.1, 0.15) is 28.4 Å². The van der Waals surface area contributed by atoms with Gasteiger partial charge in [-0.15, -0.1) is 0 Å². The second kappa shape index (κ2) is 11.6. The molecule has 1 N–H and O–H groups in total. The Hall–Kier alpha value is -3.63. The molecule has 1 amide bonds. The second-order valence-electron chi connectivity index (χ2n) is 7.90. The van der Waals surface area contributed by atoms with Gasteiger partial charge in [-0.25, -0.2) is 14.2 Å².